The lowest BCUT2D eigenvalue weighted by molar-refractivity contribution is 0.133. The van der Waals surface area contributed by atoms with Crippen LogP contribution in [0.1, 0.15) is 19.8 Å². The first kappa shape index (κ1) is 11.7. The van der Waals surface area contributed by atoms with Crippen LogP contribution in [0, 0.1) is 0 Å². The van der Waals surface area contributed by atoms with E-state index in [2.05, 4.69) is 4.72 Å². The van der Waals surface area contributed by atoms with Crippen molar-refractivity contribution in [1.82, 2.24) is 9.62 Å². The van der Waals surface area contributed by atoms with Crippen molar-refractivity contribution >= 4 is 16.1 Å². The molecule has 7 heteroatoms. The minimum absolute atomic E-state index is 0.0417. The molecule has 0 spiro atoms. The molecule has 1 aliphatic carbocycles. The molecule has 0 aromatic carbocycles. The molecular weight excluding hydrogens is 232 g/mol. The molecule has 1 aliphatic heterocycles. The number of cyclic esters (lactones) is 1. The van der Waals surface area contributed by atoms with E-state index in [4.69, 9.17) is 4.74 Å². The molecule has 0 bridgehead atoms. The van der Waals surface area contributed by atoms with Gasteiger partial charge in [-0.05, 0) is 19.8 Å². The van der Waals surface area contributed by atoms with Crippen LogP contribution in [0.2, 0.25) is 0 Å². The van der Waals surface area contributed by atoms with Gasteiger partial charge in [0.2, 0.25) is 10.0 Å². The van der Waals surface area contributed by atoms with Gasteiger partial charge in [-0.3, -0.25) is 0 Å². The topological polar surface area (TPSA) is 75.7 Å². The predicted molar refractivity (Wildman–Crippen MR) is 57.5 cm³/mol. The molecule has 0 aromatic heterocycles. The Morgan fingerprint density at radius 1 is 1.50 bits per heavy atom. The van der Waals surface area contributed by atoms with Gasteiger partial charge in [0.05, 0.1) is 12.3 Å². The monoisotopic (exact) mass is 248 g/mol. The average molecular weight is 248 g/mol. The third kappa shape index (κ3) is 2.65. The van der Waals surface area contributed by atoms with Crippen LogP contribution in [0.3, 0.4) is 0 Å². The smallest absolute Gasteiger partial charge is 0.410 e. The summed E-state index contributed by atoms with van der Waals surface area (Å²) in [5, 5.41) is 0. The molecule has 6 nitrogen and oxygen atoms in total. The standard InChI is InChI=1S/C9H16N2O4S/c1-2-16(13,14)10-5-8-6-11(7-3-4-7)9(12)15-8/h7-8,10H,2-6H2,1H3. The van der Waals surface area contributed by atoms with E-state index in [0.717, 1.165) is 12.8 Å². The maximum atomic E-state index is 11.4. The number of rotatable bonds is 5. The number of amides is 1. The Kier molecular flexibility index (Phi) is 3.07. The van der Waals surface area contributed by atoms with Gasteiger partial charge in [0, 0.05) is 12.6 Å². The van der Waals surface area contributed by atoms with Gasteiger partial charge < -0.3 is 9.64 Å². The Hall–Kier alpha value is -0.820. The molecule has 2 aliphatic rings. The molecule has 2 fully saturated rings. The van der Waals surface area contributed by atoms with Crippen LogP contribution in [0.25, 0.3) is 0 Å². The third-order valence-corrected chi connectivity index (χ3v) is 4.17. The largest absolute Gasteiger partial charge is 0.443 e. The number of sulfonamides is 1. The number of nitrogens with zero attached hydrogens (tertiary/aromatic N) is 1. The summed E-state index contributed by atoms with van der Waals surface area (Å²) >= 11 is 0. The zero-order valence-electron chi connectivity index (χ0n) is 9.18. The Labute approximate surface area is 95.0 Å². The van der Waals surface area contributed by atoms with Crippen LogP contribution in [-0.2, 0) is 14.8 Å². The molecule has 1 saturated carbocycles. The highest BCUT2D eigenvalue weighted by atomic mass is 32.2. The zero-order chi connectivity index (χ0) is 11.8. The molecule has 1 N–H and O–H groups in total. The summed E-state index contributed by atoms with van der Waals surface area (Å²) in [6, 6.07) is 0.320. The number of carbonyl (C=O) groups excluding carboxylic acids is 1. The van der Waals surface area contributed by atoms with E-state index in [-0.39, 0.29) is 24.5 Å². The Bertz CT molecular complexity index is 377. The molecule has 1 saturated heterocycles. The quantitative estimate of drug-likeness (QED) is 0.737. The third-order valence-electron chi connectivity index (χ3n) is 2.80. The van der Waals surface area contributed by atoms with Gasteiger partial charge >= 0.3 is 6.09 Å². The molecule has 1 unspecified atom stereocenters. The van der Waals surface area contributed by atoms with Gasteiger partial charge in [-0.15, -0.1) is 0 Å². The van der Waals surface area contributed by atoms with Crippen molar-refractivity contribution < 1.29 is 17.9 Å². The summed E-state index contributed by atoms with van der Waals surface area (Å²) in [7, 11) is -3.21. The number of hydrogen-bond donors (Lipinski definition) is 1. The van der Waals surface area contributed by atoms with Crippen molar-refractivity contribution in [3.05, 3.63) is 0 Å². The van der Waals surface area contributed by atoms with Gasteiger partial charge in [-0.1, -0.05) is 0 Å². The minimum atomic E-state index is -3.21. The first-order chi connectivity index (χ1) is 7.52. The molecule has 0 radical (unpaired) electrons. The number of carbonyl (C=O) groups is 1. The van der Waals surface area contributed by atoms with Crippen LogP contribution in [0.4, 0.5) is 4.79 Å². The number of hydrogen-bond acceptors (Lipinski definition) is 4. The molecule has 1 amide bonds. The van der Waals surface area contributed by atoms with Crippen LogP contribution in [0.15, 0.2) is 0 Å². The lowest BCUT2D eigenvalue weighted by Crippen LogP contribution is -2.35. The number of nitrogens with one attached hydrogen (secondary N) is 1. The summed E-state index contributed by atoms with van der Waals surface area (Å²) in [6.07, 6.45) is 1.39. The van der Waals surface area contributed by atoms with Gasteiger partial charge in [-0.25, -0.2) is 17.9 Å². The van der Waals surface area contributed by atoms with E-state index in [9.17, 15) is 13.2 Å². The predicted octanol–water partition coefficient (Wildman–Crippen LogP) is -0.0911. The average Bonchev–Trinajstić information content (AvgIpc) is 3.01. The van der Waals surface area contributed by atoms with E-state index >= 15 is 0 Å². The highest BCUT2D eigenvalue weighted by Crippen LogP contribution is 2.30. The van der Waals surface area contributed by atoms with Gasteiger partial charge in [0.15, 0.2) is 0 Å². The summed E-state index contributed by atoms with van der Waals surface area (Å²) in [4.78, 5) is 13.1. The molecule has 92 valence electrons. The Balaban J connectivity index is 1.82. The highest BCUT2D eigenvalue weighted by Gasteiger charge is 2.40. The number of ether oxygens (including phenoxy) is 1. The molecule has 0 aromatic rings. The second-order valence-electron chi connectivity index (χ2n) is 4.14. The fraction of sp³-hybridized carbons (Fsp3) is 0.889. The second-order valence-corrected chi connectivity index (χ2v) is 6.24. The lowest BCUT2D eigenvalue weighted by atomic mass is 10.3. The maximum Gasteiger partial charge on any atom is 0.410 e. The summed E-state index contributed by atoms with van der Waals surface area (Å²) < 4.78 is 29.9. The van der Waals surface area contributed by atoms with Crippen molar-refractivity contribution in [2.24, 2.45) is 0 Å². The van der Waals surface area contributed by atoms with Crippen LogP contribution in [-0.4, -0.2) is 50.4 Å². The molecule has 2 rings (SSSR count). The zero-order valence-corrected chi connectivity index (χ0v) is 10.00. The van der Waals surface area contributed by atoms with E-state index < -0.39 is 10.0 Å². The Morgan fingerprint density at radius 3 is 2.75 bits per heavy atom. The fourth-order valence-electron chi connectivity index (χ4n) is 1.65. The lowest BCUT2D eigenvalue weighted by Gasteiger charge is -2.11. The first-order valence-corrected chi connectivity index (χ1v) is 7.11. The fourth-order valence-corrected chi connectivity index (χ4v) is 2.30. The van der Waals surface area contributed by atoms with Gasteiger partial charge in [0.25, 0.3) is 0 Å². The van der Waals surface area contributed by atoms with E-state index in [1.165, 1.54) is 0 Å². The van der Waals surface area contributed by atoms with Crippen molar-refractivity contribution in [2.45, 2.75) is 31.9 Å². The van der Waals surface area contributed by atoms with Crippen molar-refractivity contribution in [3.8, 4) is 0 Å². The highest BCUT2D eigenvalue weighted by molar-refractivity contribution is 7.89. The molecular formula is C9H16N2O4S. The summed E-state index contributed by atoms with van der Waals surface area (Å²) in [5.41, 5.74) is 0. The summed E-state index contributed by atoms with van der Waals surface area (Å²) in [6.45, 7) is 2.24. The van der Waals surface area contributed by atoms with E-state index in [1.54, 1.807) is 11.8 Å². The normalized spacial score (nSPS) is 25.9. The van der Waals surface area contributed by atoms with Crippen molar-refractivity contribution in [3.63, 3.8) is 0 Å². The van der Waals surface area contributed by atoms with E-state index in [1.807, 2.05) is 0 Å². The van der Waals surface area contributed by atoms with Gasteiger partial charge in [-0.2, -0.15) is 0 Å². The summed E-state index contributed by atoms with van der Waals surface area (Å²) in [5.74, 6) is 0.0417. The van der Waals surface area contributed by atoms with Gasteiger partial charge in [0.1, 0.15) is 6.10 Å². The first-order valence-electron chi connectivity index (χ1n) is 5.46. The van der Waals surface area contributed by atoms with E-state index in [0.29, 0.717) is 12.6 Å². The van der Waals surface area contributed by atoms with Crippen LogP contribution >= 0.6 is 0 Å². The van der Waals surface area contributed by atoms with Crippen LogP contribution in [0.5, 0.6) is 0 Å². The van der Waals surface area contributed by atoms with Crippen molar-refractivity contribution in [2.75, 3.05) is 18.8 Å². The Morgan fingerprint density at radius 2 is 2.19 bits per heavy atom. The minimum Gasteiger partial charge on any atom is -0.443 e. The second kappa shape index (κ2) is 4.21. The molecule has 1 heterocycles. The van der Waals surface area contributed by atoms with Crippen molar-refractivity contribution in [1.29, 1.82) is 0 Å². The van der Waals surface area contributed by atoms with Crippen LogP contribution < -0.4 is 4.72 Å². The maximum absolute atomic E-state index is 11.4. The SMILES string of the molecule is CCS(=O)(=O)NCC1CN(C2CC2)C(=O)O1. The molecule has 1 atom stereocenters. The molecule has 16 heavy (non-hydrogen) atoms.